The van der Waals surface area contributed by atoms with Gasteiger partial charge >= 0.3 is 0 Å². The number of rotatable bonds is 4. The van der Waals surface area contributed by atoms with Crippen LogP contribution in [0, 0.1) is 0 Å². The molecule has 0 atom stereocenters. The summed E-state index contributed by atoms with van der Waals surface area (Å²) < 4.78 is 4.42. The van der Waals surface area contributed by atoms with Gasteiger partial charge in [0, 0.05) is 28.3 Å². The van der Waals surface area contributed by atoms with Crippen molar-refractivity contribution in [1.82, 2.24) is 28.9 Å². The van der Waals surface area contributed by atoms with E-state index in [0.717, 1.165) is 50.1 Å². The lowest BCUT2D eigenvalue weighted by molar-refractivity contribution is 1.05. The summed E-state index contributed by atoms with van der Waals surface area (Å²) in [5.74, 6) is 1.89. The molecular formula is C34H22N6. The second-order valence-corrected chi connectivity index (χ2v) is 9.62. The molecule has 8 aromatic rings. The van der Waals surface area contributed by atoms with E-state index < -0.39 is 0 Å². The van der Waals surface area contributed by atoms with Gasteiger partial charge in [0.15, 0.2) is 23.1 Å². The first-order valence-electron chi connectivity index (χ1n) is 13.2. The third-order valence-corrected chi connectivity index (χ3v) is 7.20. The van der Waals surface area contributed by atoms with E-state index in [1.807, 2.05) is 84.9 Å². The molecule has 6 heteroatoms. The smallest absolute Gasteiger partial charge is 0.166 e. The Kier molecular flexibility index (Phi) is 5.03. The van der Waals surface area contributed by atoms with Crippen molar-refractivity contribution in [3.8, 4) is 39.9 Å². The Bertz CT molecular complexity index is 2100. The zero-order chi connectivity index (χ0) is 26.5. The fraction of sp³-hybridized carbons (Fsp3) is 0. The van der Waals surface area contributed by atoms with Crippen molar-refractivity contribution in [2.45, 2.75) is 0 Å². The Morgan fingerprint density at radius 3 is 1.82 bits per heavy atom. The molecule has 0 aliphatic heterocycles. The largest absolute Gasteiger partial charge is 0.293 e. The molecule has 8 rings (SSSR count). The maximum atomic E-state index is 5.02. The topological polar surface area (TPSA) is 60.9 Å². The molecular weight excluding hydrogens is 492 g/mol. The van der Waals surface area contributed by atoms with Gasteiger partial charge in [0.2, 0.25) is 0 Å². The number of hydrogen-bond donors (Lipinski definition) is 0. The van der Waals surface area contributed by atoms with Gasteiger partial charge in [-0.2, -0.15) is 0 Å². The first-order valence-corrected chi connectivity index (χ1v) is 13.2. The molecule has 40 heavy (non-hydrogen) atoms. The first-order chi connectivity index (χ1) is 19.8. The lowest BCUT2D eigenvalue weighted by Crippen LogP contribution is -2.04. The Hall–Kier alpha value is -5.62. The number of nitrogens with zero attached hydrogens (tertiary/aromatic N) is 6. The third kappa shape index (κ3) is 3.50. The summed E-state index contributed by atoms with van der Waals surface area (Å²) in [7, 11) is 0. The van der Waals surface area contributed by atoms with Crippen LogP contribution in [0.2, 0.25) is 0 Å². The van der Waals surface area contributed by atoms with E-state index in [1.54, 1.807) is 0 Å². The molecule has 0 unspecified atom stereocenters. The highest BCUT2D eigenvalue weighted by Crippen LogP contribution is 2.36. The van der Waals surface area contributed by atoms with Crippen molar-refractivity contribution in [2.24, 2.45) is 0 Å². The third-order valence-electron chi connectivity index (χ3n) is 7.20. The van der Waals surface area contributed by atoms with E-state index in [1.165, 1.54) is 0 Å². The van der Waals surface area contributed by atoms with Crippen LogP contribution >= 0.6 is 0 Å². The van der Waals surface area contributed by atoms with Gasteiger partial charge in [0.25, 0.3) is 0 Å². The molecule has 0 saturated carbocycles. The van der Waals surface area contributed by atoms with E-state index in [0.29, 0.717) is 17.5 Å². The van der Waals surface area contributed by atoms with Crippen molar-refractivity contribution >= 4 is 27.7 Å². The second-order valence-electron chi connectivity index (χ2n) is 9.62. The van der Waals surface area contributed by atoms with Gasteiger partial charge in [0.1, 0.15) is 11.2 Å². The Balaban J connectivity index is 1.44. The second kappa shape index (κ2) is 8.99. The minimum atomic E-state index is 0.614. The van der Waals surface area contributed by atoms with Gasteiger partial charge in [-0.15, -0.1) is 0 Å². The Morgan fingerprint density at radius 2 is 1.07 bits per heavy atom. The highest BCUT2D eigenvalue weighted by Gasteiger charge is 2.21. The van der Waals surface area contributed by atoms with Crippen LogP contribution in [0.4, 0.5) is 0 Å². The summed E-state index contributed by atoms with van der Waals surface area (Å²) in [4.78, 5) is 19.9. The number of imidazole rings is 1. The number of fused-ring (bicyclic) bond motifs is 5. The van der Waals surface area contributed by atoms with Gasteiger partial charge < -0.3 is 0 Å². The molecule has 0 saturated heterocycles. The highest BCUT2D eigenvalue weighted by atomic mass is 15.2. The molecule has 0 radical (unpaired) electrons. The number of aromatic nitrogens is 6. The summed E-state index contributed by atoms with van der Waals surface area (Å²) in [6.45, 7) is 0. The zero-order valence-corrected chi connectivity index (χ0v) is 21.4. The van der Waals surface area contributed by atoms with Crippen LogP contribution in [0.25, 0.3) is 67.6 Å². The molecule has 0 bridgehead atoms. The van der Waals surface area contributed by atoms with Crippen LogP contribution in [-0.2, 0) is 0 Å². The van der Waals surface area contributed by atoms with Crippen LogP contribution in [-0.4, -0.2) is 28.9 Å². The predicted octanol–water partition coefficient (Wildman–Crippen LogP) is 7.62. The van der Waals surface area contributed by atoms with Crippen LogP contribution in [0.3, 0.4) is 0 Å². The normalized spacial score (nSPS) is 11.5. The Morgan fingerprint density at radius 1 is 0.475 bits per heavy atom. The molecule has 0 fully saturated rings. The monoisotopic (exact) mass is 514 g/mol. The average Bonchev–Trinajstić information content (AvgIpc) is 3.56. The van der Waals surface area contributed by atoms with E-state index in [2.05, 4.69) is 57.6 Å². The van der Waals surface area contributed by atoms with E-state index in [4.69, 9.17) is 19.9 Å². The summed E-state index contributed by atoms with van der Waals surface area (Å²) in [5, 5.41) is 1.10. The van der Waals surface area contributed by atoms with Gasteiger partial charge in [0.05, 0.1) is 11.2 Å². The maximum Gasteiger partial charge on any atom is 0.166 e. The number of hydrogen-bond acceptors (Lipinski definition) is 4. The summed E-state index contributed by atoms with van der Waals surface area (Å²) >= 11 is 0. The van der Waals surface area contributed by atoms with Crippen molar-refractivity contribution in [3.05, 3.63) is 134 Å². The van der Waals surface area contributed by atoms with Gasteiger partial charge in [-0.1, -0.05) is 97.1 Å². The van der Waals surface area contributed by atoms with Crippen LogP contribution < -0.4 is 0 Å². The number of para-hydroxylation sites is 2. The van der Waals surface area contributed by atoms with Crippen molar-refractivity contribution in [3.63, 3.8) is 0 Å². The molecule has 0 aliphatic carbocycles. The molecule has 0 spiro atoms. The summed E-state index contributed by atoms with van der Waals surface area (Å²) in [6, 6.07) is 42.9. The summed E-state index contributed by atoms with van der Waals surface area (Å²) in [5.41, 5.74) is 7.71. The minimum absolute atomic E-state index is 0.614. The van der Waals surface area contributed by atoms with Crippen molar-refractivity contribution in [2.75, 3.05) is 0 Å². The van der Waals surface area contributed by atoms with Crippen LogP contribution in [0.15, 0.2) is 134 Å². The lowest BCUT2D eigenvalue weighted by atomic mass is 10.1. The number of benzene rings is 4. The fourth-order valence-corrected chi connectivity index (χ4v) is 5.39. The standard InChI is InChI=1S/C34H22N6/c1-3-13-23(14-4-1)31-36-32(24-15-5-2-6-16-24)38-33(37-31)26-18-8-10-20-28(26)40-27-19-9-7-17-25(27)30-34(40)39-22-12-11-21-29(39)35-30/h1-22H. The maximum absolute atomic E-state index is 5.02. The summed E-state index contributed by atoms with van der Waals surface area (Å²) in [6.07, 6.45) is 2.06. The molecule has 6 nitrogen and oxygen atoms in total. The van der Waals surface area contributed by atoms with Gasteiger partial charge in [-0.05, 0) is 30.3 Å². The Labute approximate surface area is 229 Å². The van der Waals surface area contributed by atoms with Crippen molar-refractivity contribution in [1.29, 1.82) is 0 Å². The molecule has 4 heterocycles. The molecule has 0 amide bonds. The average molecular weight is 515 g/mol. The molecule has 188 valence electrons. The highest BCUT2D eigenvalue weighted by molar-refractivity contribution is 6.07. The zero-order valence-electron chi connectivity index (χ0n) is 21.4. The van der Waals surface area contributed by atoms with Gasteiger partial charge in [-0.3, -0.25) is 8.97 Å². The minimum Gasteiger partial charge on any atom is -0.293 e. The quantitative estimate of drug-likeness (QED) is 0.242. The SMILES string of the molecule is c1ccc(-c2nc(-c3ccccc3)nc(-c3ccccc3-n3c4ccccc4c4nc5ccccn5c43)n2)cc1. The van der Waals surface area contributed by atoms with Crippen LogP contribution in [0.1, 0.15) is 0 Å². The molecule has 0 aliphatic rings. The predicted molar refractivity (Wildman–Crippen MR) is 159 cm³/mol. The van der Waals surface area contributed by atoms with Gasteiger partial charge in [-0.25, -0.2) is 19.9 Å². The first kappa shape index (κ1) is 22.4. The molecule has 0 N–H and O–H groups in total. The number of pyridine rings is 1. The van der Waals surface area contributed by atoms with Crippen LogP contribution in [0.5, 0.6) is 0 Å². The van der Waals surface area contributed by atoms with E-state index >= 15 is 0 Å². The molecule has 4 aromatic heterocycles. The lowest BCUT2D eigenvalue weighted by Gasteiger charge is -2.14. The van der Waals surface area contributed by atoms with E-state index in [-0.39, 0.29) is 0 Å². The van der Waals surface area contributed by atoms with Crippen molar-refractivity contribution < 1.29 is 0 Å². The molecule has 4 aromatic carbocycles. The fourth-order valence-electron chi connectivity index (χ4n) is 5.39. The van der Waals surface area contributed by atoms with E-state index in [9.17, 15) is 0 Å².